The van der Waals surface area contributed by atoms with Gasteiger partial charge in [0.25, 0.3) is 26.7 Å². The van der Waals surface area contributed by atoms with Gasteiger partial charge in [0.05, 0.1) is 4.92 Å². The summed E-state index contributed by atoms with van der Waals surface area (Å²) in [6.45, 7) is 0. The van der Waals surface area contributed by atoms with Crippen molar-refractivity contribution in [3.63, 3.8) is 0 Å². The molecular weight excluding hydrogens is 286 g/mol. The summed E-state index contributed by atoms with van der Waals surface area (Å²) in [6.07, 6.45) is -3.32. The maximum absolute atomic E-state index is 12.3. The number of aromatic amines is 1. The van der Waals surface area contributed by atoms with Crippen molar-refractivity contribution in [3.05, 3.63) is 32.2 Å². The Bertz CT molecular complexity index is 626. The van der Waals surface area contributed by atoms with E-state index in [-0.39, 0.29) is 6.07 Å². The van der Waals surface area contributed by atoms with E-state index in [0.717, 1.165) is 0 Å². The van der Waals surface area contributed by atoms with Gasteiger partial charge < -0.3 is 4.98 Å². The molecule has 94 valence electrons. The molecule has 0 saturated carbocycles. The zero-order chi connectivity index (χ0) is 13.4. The van der Waals surface area contributed by atoms with Crippen LogP contribution >= 0.6 is 10.7 Å². The molecule has 1 heterocycles. The number of nitrogens with zero attached hydrogens (tertiary/aromatic N) is 1. The van der Waals surface area contributed by atoms with Crippen LogP contribution in [0.5, 0.6) is 0 Å². The molecule has 0 aromatic carbocycles. The Labute approximate surface area is 96.6 Å². The van der Waals surface area contributed by atoms with Crippen molar-refractivity contribution in [1.82, 2.24) is 4.98 Å². The van der Waals surface area contributed by atoms with Gasteiger partial charge in [0.2, 0.25) is 0 Å². The number of aromatic nitrogens is 1. The quantitative estimate of drug-likeness (QED) is 0.509. The number of rotatable bonds is 3. The number of nitro groups is 1. The van der Waals surface area contributed by atoms with E-state index in [2.05, 4.69) is 0 Å². The van der Waals surface area contributed by atoms with Crippen LogP contribution in [0, 0.1) is 10.1 Å². The number of nitrogens with one attached hydrogen (secondary N) is 1. The second-order valence-electron chi connectivity index (χ2n) is 2.76. The smallest absolute Gasteiger partial charge is 0.296 e. The number of hydrogen-bond acceptors (Lipinski definition) is 5. The molecule has 0 saturated heterocycles. The molecule has 11 heteroatoms. The van der Waals surface area contributed by atoms with Gasteiger partial charge in [0, 0.05) is 16.7 Å². The predicted octanol–water partition coefficient (Wildman–Crippen LogP) is 1.15. The Morgan fingerprint density at radius 3 is 2.35 bits per heavy atom. The first kappa shape index (κ1) is 13.5. The van der Waals surface area contributed by atoms with Crippen molar-refractivity contribution in [2.75, 3.05) is 0 Å². The lowest BCUT2D eigenvalue weighted by Gasteiger charge is -2.02. The van der Waals surface area contributed by atoms with Crippen molar-refractivity contribution < 1.29 is 22.1 Å². The Morgan fingerprint density at radius 2 is 2.00 bits per heavy atom. The van der Waals surface area contributed by atoms with Crippen LogP contribution in [0.25, 0.3) is 0 Å². The van der Waals surface area contributed by atoms with E-state index in [1.54, 1.807) is 0 Å². The molecule has 1 N–H and O–H groups in total. The fraction of sp³-hybridized carbons (Fsp3) is 0.167. The molecule has 0 amide bonds. The molecule has 0 atom stereocenters. The molecule has 0 aliphatic heterocycles. The van der Waals surface area contributed by atoms with E-state index in [1.807, 2.05) is 0 Å². The highest BCUT2D eigenvalue weighted by Gasteiger charge is 2.28. The summed E-state index contributed by atoms with van der Waals surface area (Å²) in [5, 5.41) is 10.4. The summed E-state index contributed by atoms with van der Waals surface area (Å²) in [5.41, 5.74) is -3.94. The lowest BCUT2D eigenvalue weighted by molar-refractivity contribution is -0.386. The summed E-state index contributed by atoms with van der Waals surface area (Å²) in [4.78, 5) is 20.5. The maximum Gasteiger partial charge on any atom is 0.296 e. The van der Waals surface area contributed by atoms with Crippen molar-refractivity contribution >= 4 is 25.4 Å². The molecular formula is C6H3ClF2N2O5S. The van der Waals surface area contributed by atoms with Gasteiger partial charge in [-0.05, 0) is 0 Å². The number of halogens is 3. The topological polar surface area (TPSA) is 110 Å². The molecule has 0 unspecified atom stereocenters. The zero-order valence-electron chi connectivity index (χ0n) is 7.69. The molecule has 1 aromatic heterocycles. The van der Waals surface area contributed by atoms with Crippen LogP contribution in [0.4, 0.5) is 14.5 Å². The molecule has 17 heavy (non-hydrogen) atoms. The lowest BCUT2D eigenvalue weighted by atomic mass is 10.3. The average Bonchev–Trinajstić information content (AvgIpc) is 2.14. The predicted molar refractivity (Wildman–Crippen MR) is 51.7 cm³/mol. The minimum Gasteiger partial charge on any atom is -0.314 e. The van der Waals surface area contributed by atoms with Crippen LogP contribution < -0.4 is 5.56 Å². The normalized spacial score (nSPS) is 11.8. The summed E-state index contributed by atoms with van der Waals surface area (Å²) in [7, 11) is 0.262. The van der Waals surface area contributed by atoms with Crippen LogP contribution in [0.2, 0.25) is 0 Å². The van der Waals surface area contributed by atoms with Gasteiger partial charge in [0.1, 0.15) is 0 Å². The third-order valence-corrected chi connectivity index (χ3v) is 3.02. The van der Waals surface area contributed by atoms with Crippen LogP contribution in [-0.4, -0.2) is 18.3 Å². The van der Waals surface area contributed by atoms with E-state index in [0.29, 0.717) is 0 Å². The monoisotopic (exact) mass is 288 g/mol. The summed E-state index contributed by atoms with van der Waals surface area (Å²) < 4.78 is 46.4. The van der Waals surface area contributed by atoms with E-state index in [4.69, 9.17) is 10.7 Å². The minimum atomic E-state index is -4.55. The van der Waals surface area contributed by atoms with Crippen molar-refractivity contribution in [3.8, 4) is 0 Å². The highest BCUT2D eigenvalue weighted by Crippen LogP contribution is 2.27. The standard InChI is InChI=1S/C6H3ClF2N2O5S/c7-17(15,16)3-1-2(11(13)14)4(5(8)9)10-6(3)12/h1,5H,(H,10,12). The Kier molecular flexibility index (Phi) is 3.48. The van der Waals surface area contributed by atoms with Gasteiger partial charge >= 0.3 is 0 Å². The third-order valence-electron chi connectivity index (χ3n) is 1.69. The fourth-order valence-corrected chi connectivity index (χ4v) is 1.88. The van der Waals surface area contributed by atoms with Gasteiger partial charge in [-0.1, -0.05) is 0 Å². The van der Waals surface area contributed by atoms with Crippen LogP contribution in [0.15, 0.2) is 15.8 Å². The van der Waals surface area contributed by atoms with Gasteiger partial charge in [-0.15, -0.1) is 0 Å². The first-order valence-electron chi connectivity index (χ1n) is 3.79. The van der Waals surface area contributed by atoms with Crippen molar-refractivity contribution in [2.45, 2.75) is 11.3 Å². The third kappa shape index (κ3) is 2.77. The zero-order valence-corrected chi connectivity index (χ0v) is 9.26. The average molecular weight is 289 g/mol. The Hall–Kier alpha value is -1.55. The van der Waals surface area contributed by atoms with E-state index >= 15 is 0 Å². The molecule has 1 rings (SSSR count). The second-order valence-corrected chi connectivity index (χ2v) is 5.29. The highest BCUT2D eigenvalue weighted by atomic mass is 35.7. The molecule has 1 aromatic rings. The fourth-order valence-electron chi connectivity index (χ4n) is 1.01. The number of alkyl halides is 2. The largest absolute Gasteiger partial charge is 0.314 e. The molecule has 0 spiro atoms. The van der Waals surface area contributed by atoms with Crippen LogP contribution in [0.3, 0.4) is 0 Å². The number of pyridine rings is 1. The molecule has 0 bridgehead atoms. The molecule has 7 nitrogen and oxygen atoms in total. The van der Waals surface area contributed by atoms with Crippen molar-refractivity contribution in [2.24, 2.45) is 0 Å². The number of H-pyrrole nitrogens is 1. The maximum atomic E-state index is 12.3. The number of hydrogen-bond donors (Lipinski definition) is 1. The van der Waals surface area contributed by atoms with Gasteiger partial charge in [-0.25, -0.2) is 17.2 Å². The van der Waals surface area contributed by atoms with Crippen LogP contribution in [0.1, 0.15) is 12.1 Å². The van der Waals surface area contributed by atoms with Crippen molar-refractivity contribution in [1.29, 1.82) is 0 Å². The Morgan fingerprint density at radius 1 is 1.47 bits per heavy atom. The van der Waals surface area contributed by atoms with Gasteiger partial charge in [-0.2, -0.15) is 0 Å². The van der Waals surface area contributed by atoms with E-state index in [9.17, 15) is 32.1 Å². The van der Waals surface area contributed by atoms with Gasteiger partial charge in [0.15, 0.2) is 10.6 Å². The first-order chi connectivity index (χ1) is 7.64. The summed E-state index contributed by atoms with van der Waals surface area (Å²) >= 11 is 0. The minimum absolute atomic E-state index is 0.197. The molecule has 0 aliphatic carbocycles. The lowest BCUT2D eigenvalue weighted by Crippen LogP contribution is -2.18. The molecule has 0 radical (unpaired) electrons. The SMILES string of the molecule is O=c1[nH]c(C(F)F)c([N+](=O)[O-])cc1S(=O)(=O)Cl. The summed E-state index contributed by atoms with van der Waals surface area (Å²) in [6, 6.07) is 0.197. The first-order valence-corrected chi connectivity index (χ1v) is 6.10. The van der Waals surface area contributed by atoms with Crippen LogP contribution in [-0.2, 0) is 9.05 Å². The summed E-state index contributed by atoms with van der Waals surface area (Å²) in [5.74, 6) is 0. The highest BCUT2D eigenvalue weighted by molar-refractivity contribution is 8.13. The van der Waals surface area contributed by atoms with E-state index < -0.39 is 42.2 Å². The second kappa shape index (κ2) is 4.37. The molecule has 0 aliphatic rings. The molecule has 0 fully saturated rings. The van der Waals surface area contributed by atoms with Gasteiger partial charge in [-0.3, -0.25) is 14.9 Å². The Balaban J connectivity index is 3.69. The van der Waals surface area contributed by atoms with E-state index in [1.165, 1.54) is 4.98 Å².